The van der Waals surface area contributed by atoms with Crippen LogP contribution in [0.15, 0.2) is 83.8 Å². The van der Waals surface area contributed by atoms with Gasteiger partial charge in [-0.2, -0.15) is 0 Å². The maximum atomic E-state index is 12.8. The molecule has 31 heavy (non-hydrogen) atoms. The third-order valence-corrected chi connectivity index (χ3v) is 6.71. The number of hydrogen-bond acceptors (Lipinski definition) is 4. The summed E-state index contributed by atoms with van der Waals surface area (Å²) in [5.41, 5.74) is 2.25. The molecular weight excluding hydrogens is 412 g/mol. The van der Waals surface area contributed by atoms with Gasteiger partial charge in [0.1, 0.15) is 5.75 Å². The minimum absolute atomic E-state index is 0.136. The molecule has 0 aliphatic rings. The molecule has 6 nitrogen and oxygen atoms in total. The quantitative estimate of drug-likeness (QED) is 0.563. The van der Waals surface area contributed by atoms with E-state index in [2.05, 4.69) is 12.2 Å². The van der Waals surface area contributed by atoms with Gasteiger partial charge in [0.25, 0.3) is 15.9 Å². The third kappa shape index (κ3) is 5.44. The van der Waals surface area contributed by atoms with Crippen molar-refractivity contribution in [1.82, 2.24) is 0 Å². The van der Waals surface area contributed by atoms with Gasteiger partial charge in [-0.05, 0) is 67.4 Å². The Bertz CT molecular complexity index is 1110. The minimum atomic E-state index is -3.70. The first kappa shape index (κ1) is 22.4. The maximum Gasteiger partial charge on any atom is 0.265 e. The van der Waals surface area contributed by atoms with E-state index in [-0.39, 0.29) is 10.8 Å². The van der Waals surface area contributed by atoms with Crippen molar-refractivity contribution >= 4 is 27.3 Å². The molecule has 0 fully saturated rings. The van der Waals surface area contributed by atoms with Crippen molar-refractivity contribution in [3.8, 4) is 5.75 Å². The van der Waals surface area contributed by atoms with E-state index >= 15 is 0 Å². The summed E-state index contributed by atoms with van der Waals surface area (Å²) in [4.78, 5) is 12.6. The topological polar surface area (TPSA) is 75.7 Å². The van der Waals surface area contributed by atoms with Gasteiger partial charge in [-0.25, -0.2) is 8.42 Å². The second-order valence-corrected chi connectivity index (χ2v) is 9.05. The zero-order valence-electron chi connectivity index (χ0n) is 17.8. The predicted octanol–water partition coefficient (Wildman–Crippen LogP) is 4.48. The van der Waals surface area contributed by atoms with Crippen LogP contribution in [-0.2, 0) is 21.2 Å². The molecule has 0 saturated carbocycles. The molecule has 0 spiro atoms. The van der Waals surface area contributed by atoms with Crippen LogP contribution in [0, 0.1) is 0 Å². The van der Waals surface area contributed by atoms with E-state index in [1.165, 1.54) is 29.0 Å². The van der Waals surface area contributed by atoms with Crippen LogP contribution in [0.1, 0.15) is 19.4 Å². The molecule has 0 aliphatic heterocycles. The second-order valence-electron chi connectivity index (χ2n) is 7.08. The number of hydrogen-bond donors (Lipinski definition) is 1. The summed E-state index contributed by atoms with van der Waals surface area (Å²) in [6.45, 7) is 3.73. The first-order valence-electron chi connectivity index (χ1n) is 10.0. The van der Waals surface area contributed by atoms with Gasteiger partial charge in [-0.3, -0.25) is 9.10 Å². The van der Waals surface area contributed by atoms with Crippen LogP contribution >= 0.6 is 0 Å². The Kier molecular flexibility index (Phi) is 6.97. The van der Waals surface area contributed by atoms with E-state index in [0.29, 0.717) is 17.1 Å². The molecule has 0 radical (unpaired) electrons. The molecular formula is C24H26N2O4S. The molecule has 0 heterocycles. The van der Waals surface area contributed by atoms with Gasteiger partial charge in [0.15, 0.2) is 6.10 Å². The lowest BCUT2D eigenvalue weighted by Gasteiger charge is -2.19. The lowest BCUT2D eigenvalue weighted by molar-refractivity contribution is -0.122. The SMILES string of the molecule is CCc1ccc(OC(C)C(=O)Nc2ccc(S(=O)(=O)N(C)c3ccccc3)cc2)cc1. The normalized spacial score (nSPS) is 12.1. The number of benzene rings is 3. The van der Waals surface area contributed by atoms with Gasteiger partial charge >= 0.3 is 0 Å². The van der Waals surface area contributed by atoms with Crippen molar-refractivity contribution in [2.75, 3.05) is 16.7 Å². The number of anilines is 2. The fourth-order valence-electron chi connectivity index (χ4n) is 2.95. The van der Waals surface area contributed by atoms with Crippen molar-refractivity contribution in [3.63, 3.8) is 0 Å². The standard InChI is InChI=1S/C24H26N2O4S/c1-4-19-10-14-22(15-11-19)30-18(2)24(27)25-20-12-16-23(17-13-20)31(28,29)26(3)21-8-6-5-7-9-21/h5-18H,4H2,1-3H3,(H,25,27). The molecule has 1 atom stereocenters. The van der Waals surface area contributed by atoms with E-state index in [9.17, 15) is 13.2 Å². The zero-order valence-corrected chi connectivity index (χ0v) is 18.6. The molecule has 7 heteroatoms. The Morgan fingerprint density at radius 3 is 2.16 bits per heavy atom. The van der Waals surface area contributed by atoms with Crippen molar-refractivity contribution in [2.45, 2.75) is 31.3 Å². The summed E-state index contributed by atoms with van der Waals surface area (Å²) in [6.07, 6.45) is 0.225. The maximum absolute atomic E-state index is 12.8. The van der Waals surface area contributed by atoms with Crippen LogP contribution in [0.4, 0.5) is 11.4 Å². The molecule has 1 N–H and O–H groups in total. The zero-order chi connectivity index (χ0) is 22.4. The van der Waals surface area contributed by atoms with E-state index in [1.807, 2.05) is 30.3 Å². The lowest BCUT2D eigenvalue weighted by atomic mass is 10.2. The number of aryl methyl sites for hydroxylation is 1. The van der Waals surface area contributed by atoms with Crippen LogP contribution in [0.5, 0.6) is 5.75 Å². The van der Waals surface area contributed by atoms with Crippen molar-refractivity contribution in [3.05, 3.63) is 84.4 Å². The van der Waals surface area contributed by atoms with Gasteiger partial charge in [0.2, 0.25) is 0 Å². The second kappa shape index (κ2) is 9.66. The molecule has 1 unspecified atom stereocenters. The van der Waals surface area contributed by atoms with E-state index in [1.54, 1.807) is 43.3 Å². The molecule has 162 valence electrons. The number of rotatable bonds is 8. The van der Waals surface area contributed by atoms with Crippen LogP contribution in [0.25, 0.3) is 0 Å². The third-order valence-electron chi connectivity index (χ3n) is 4.91. The number of carbonyl (C=O) groups is 1. The lowest BCUT2D eigenvalue weighted by Crippen LogP contribution is -2.30. The number of carbonyl (C=O) groups excluding carboxylic acids is 1. The Hall–Kier alpha value is -3.32. The number of nitrogens with one attached hydrogen (secondary N) is 1. The summed E-state index contributed by atoms with van der Waals surface area (Å²) >= 11 is 0. The monoisotopic (exact) mass is 438 g/mol. The van der Waals surface area contributed by atoms with Crippen LogP contribution in [-0.4, -0.2) is 27.5 Å². The molecule has 0 aliphatic carbocycles. The average Bonchev–Trinajstić information content (AvgIpc) is 2.80. The molecule has 1 amide bonds. The van der Waals surface area contributed by atoms with Gasteiger partial charge in [-0.15, -0.1) is 0 Å². The summed E-state index contributed by atoms with van der Waals surface area (Å²) in [5, 5.41) is 2.75. The first-order valence-corrected chi connectivity index (χ1v) is 11.5. The summed E-state index contributed by atoms with van der Waals surface area (Å²) in [6, 6.07) is 22.5. The van der Waals surface area contributed by atoms with Gasteiger partial charge in [0, 0.05) is 12.7 Å². The number of para-hydroxylation sites is 1. The van der Waals surface area contributed by atoms with Crippen molar-refractivity contribution in [2.24, 2.45) is 0 Å². The van der Waals surface area contributed by atoms with E-state index in [4.69, 9.17) is 4.74 Å². The fraction of sp³-hybridized carbons (Fsp3) is 0.208. The van der Waals surface area contributed by atoms with E-state index in [0.717, 1.165) is 6.42 Å². The number of amides is 1. The number of ether oxygens (including phenoxy) is 1. The Labute approximate surface area is 183 Å². The van der Waals surface area contributed by atoms with Gasteiger partial charge in [-0.1, -0.05) is 37.3 Å². The van der Waals surface area contributed by atoms with Crippen LogP contribution < -0.4 is 14.4 Å². The first-order chi connectivity index (χ1) is 14.8. The van der Waals surface area contributed by atoms with Crippen molar-refractivity contribution < 1.29 is 17.9 Å². The molecule has 0 saturated heterocycles. The fourth-order valence-corrected chi connectivity index (χ4v) is 4.15. The molecule has 0 bridgehead atoms. The average molecular weight is 439 g/mol. The molecule has 3 aromatic rings. The van der Waals surface area contributed by atoms with Crippen molar-refractivity contribution in [1.29, 1.82) is 0 Å². The highest BCUT2D eigenvalue weighted by Gasteiger charge is 2.21. The largest absolute Gasteiger partial charge is 0.481 e. The predicted molar refractivity (Wildman–Crippen MR) is 123 cm³/mol. The van der Waals surface area contributed by atoms with Gasteiger partial charge in [0.05, 0.1) is 10.6 Å². The highest BCUT2D eigenvalue weighted by atomic mass is 32.2. The van der Waals surface area contributed by atoms with E-state index < -0.39 is 16.1 Å². The van der Waals surface area contributed by atoms with Gasteiger partial charge < -0.3 is 10.1 Å². The van der Waals surface area contributed by atoms with Crippen LogP contribution in [0.2, 0.25) is 0 Å². The molecule has 3 aromatic carbocycles. The number of nitrogens with zero attached hydrogens (tertiary/aromatic N) is 1. The molecule has 3 rings (SSSR count). The highest BCUT2D eigenvalue weighted by molar-refractivity contribution is 7.92. The highest BCUT2D eigenvalue weighted by Crippen LogP contribution is 2.23. The van der Waals surface area contributed by atoms with Crippen LogP contribution in [0.3, 0.4) is 0 Å². The Morgan fingerprint density at radius 2 is 1.58 bits per heavy atom. The Morgan fingerprint density at radius 1 is 0.968 bits per heavy atom. The summed E-state index contributed by atoms with van der Waals surface area (Å²) in [5.74, 6) is 0.293. The summed E-state index contributed by atoms with van der Waals surface area (Å²) in [7, 11) is -2.20. The minimum Gasteiger partial charge on any atom is -0.481 e. The summed E-state index contributed by atoms with van der Waals surface area (Å²) < 4.78 is 32.6. The smallest absolute Gasteiger partial charge is 0.265 e. The Balaban J connectivity index is 1.64. The molecule has 0 aromatic heterocycles. The number of sulfonamides is 1.